The highest BCUT2D eigenvalue weighted by atomic mass is 32.2. The summed E-state index contributed by atoms with van der Waals surface area (Å²) in [7, 11) is -0.198. The molecule has 1 aromatic rings. The average molecular weight is 399 g/mol. The lowest BCUT2D eigenvalue weighted by molar-refractivity contribution is -0.136. The molecule has 1 aromatic carbocycles. The van der Waals surface area contributed by atoms with Crippen molar-refractivity contribution in [2.45, 2.75) is 25.8 Å². The van der Waals surface area contributed by atoms with Gasteiger partial charge in [-0.1, -0.05) is 6.92 Å². The topological polar surface area (TPSA) is 99.2 Å². The molecule has 9 heteroatoms. The van der Waals surface area contributed by atoms with E-state index in [-0.39, 0.29) is 28.9 Å². The lowest BCUT2D eigenvalue weighted by atomic mass is 10.2. The summed E-state index contributed by atoms with van der Waals surface area (Å²) in [5.41, 5.74) is 0.177. The maximum atomic E-state index is 12.5. The van der Waals surface area contributed by atoms with Crippen molar-refractivity contribution in [1.29, 1.82) is 0 Å². The lowest BCUT2D eigenvalue weighted by Crippen LogP contribution is -2.43. The minimum atomic E-state index is -3.11. The first kappa shape index (κ1) is 21.0. The summed E-state index contributed by atoms with van der Waals surface area (Å²) in [5, 5.41) is 0. The first-order valence-corrected chi connectivity index (χ1v) is 10.5. The molecule has 150 valence electrons. The molecule has 1 heterocycles. The van der Waals surface area contributed by atoms with Gasteiger partial charge in [0.25, 0.3) is 5.91 Å². The molecular weight excluding hydrogens is 374 g/mol. The van der Waals surface area contributed by atoms with Crippen molar-refractivity contribution in [1.82, 2.24) is 4.90 Å². The van der Waals surface area contributed by atoms with E-state index in [1.807, 2.05) is 6.92 Å². The second kappa shape index (κ2) is 9.07. The van der Waals surface area contributed by atoms with Crippen molar-refractivity contribution in [2.24, 2.45) is 0 Å². The van der Waals surface area contributed by atoms with Gasteiger partial charge in [-0.15, -0.1) is 0 Å². The van der Waals surface area contributed by atoms with Crippen LogP contribution in [0, 0.1) is 0 Å². The number of sulfone groups is 1. The monoisotopic (exact) mass is 399 g/mol. The van der Waals surface area contributed by atoms with Crippen LogP contribution in [0.3, 0.4) is 0 Å². The molecule has 2 rings (SSSR count). The second-order valence-corrected chi connectivity index (χ2v) is 8.52. The third kappa shape index (κ3) is 5.35. The van der Waals surface area contributed by atoms with E-state index in [2.05, 4.69) is 0 Å². The van der Waals surface area contributed by atoms with E-state index in [0.717, 1.165) is 0 Å². The average Bonchev–Trinajstić information content (AvgIpc) is 3.02. The number of nitrogens with zero attached hydrogens (tertiary/aromatic N) is 1. The fraction of sp³-hybridized carbons (Fsp3) is 0.556. The van der Waals surface area contributed by atoms with Gasteiger partial charge in [-0.2, -0.15) is 0 Å². The molecule has 1 aliphatic heterocycles. The normalized spacial score (nSPS) is 18.0. The Hall–Kier alpha value is -2.29. The van der Waals surface area contributed by atoms with Crippen LogP contribution in [0.15, 0.2) is 18.2 Å². The minimum Gasteiger partial charge on any atom is -0.497 e. The van der Waals surface area contributed by atoms with Gasteiger partial charge >= 0.3 is 5.97 Å². The van der Waals surface area contributed by atoms with Crippen LogP contribution in [0.2, 0.25) is 0 Å². The van der Waals surface area contributed by atoms with Crippen LogP contribution in [0.5, 0.6) is 11.5 Å². The zero-order valence-electron chi connectivity index (χ0n) is 15.8. The van der Waals surface area contributed by atoms with Crippen molar-refractivity contribution in [3.05, 3.63) is 23.8 Å². The number of esters is 1. The third-order valence-corrected chi connectivity index (χ3v) is 6.14. The van der Waals surface area contributed by atoms with Crippen molar-refractivity contribution >= 4 is 21.7 Å². The van der Waals surface area contributed by atoms with Crippen molar-refractivity contribution in [2.75, 3.05) is 38.9 Å². The number of methoxy groups -OCH3 is 2. The Kier molecular flexibility index (Phi) is 7.06. The Morgan fingerprint density at radius 2 is 1.96 bits per heavy atom. The number of ether oxygens (including phenoxy) is 3. The Morgan fingerprint density at radius 1 is 1.22 bits per heavy atom. The first-order valence-electron chi connectivity index (χ1n) is 8.70. The molecule has 0 radical (unpaired) electrons. The number of hydrogen-bond donors (Lipinski definition) is 0. The summed E-state index contributed by atoms with van der Waals surface area (Å²) in [6, 6.07) is 4.27. The molecule has 8 nitrogen and oxygen atoms in total. The van der Waals surface area contributed by atoms with Crippen molar-refractivity contribution in [3.8, 4) is 11.5 Å². The highest BCUT2D eigenvalue weighted by molar-refractivity contribution is 7.91. The fourth-order valence-corrected chi connectivity index (χ4v) is 4.76. The molecule has 0 aromatic heterocycles. The molecule has 1 fully saturated rings. The quantitative estimate of drug-likeness (QED) is 0.607. The number of hydrogen-bond acceptors (Lipinski definition) is 7. The fourth-order valence-electron chi connectivity index (χ4n) is 3.03. The lowest BCUT2D eigenvalue weighted by Gasteiger charge is -2.27. The molecule has 0 aliphatic carbocycles. The molecule has 0 bridgehead atoms. The highest BCUT2D eigenvalue weighted by Crippen LogP contribution is 2.25. The van der Waals surface area contributed by atoms with Crippen molar-refractivity contribution in [3.63, 3.8) is 0 Å². The Labute approximate surface area is 159 Å². The van der Waals surface area contributed by atoms with Crippen molar-refractivity contribution < 1.29 is 32.2 Å². The Morgan fingerprint density at radius 3 is 2.52 bits per heavy atom. The Bertz CT molecular complexity index is 791. The van der Waals surface area contributed by atoms with E-state index >= 15 is 0 Å². The number of benzene rings is 1. The Balaban J connectivity index is 2.03. The van der Waals surface area contributed by atoms with E-state index in [9.17, 15) is 18.0 Å². The van der Waals surface area contributed by atoms with Gasteiger partial charge < -0.3 is 19.1 Å². The maximum Gasteiger partial charge on any atom is 0.342 e. The number of amides is 1. The minimum absolute atomic E-state index is 0.0427. The zero-order valence-corrected chi connectivity index (χ0v) is 16.6. The van der Waals surface area contributed by atoms with Gasteiger partial charge in [0, 0.05) is 18.7 Å². The van der Waals surface area contributed by atoms with Crippen LogP contribution >= 0.6 is 0 Å². The van der Waals surface area contributed by atoms with Crippen LogP contribution in [0.4, 0.5) is 0 Å². The van der Waals surface area contributed by atoms with Gasteiger partial charge in [-0.3, -0.25) is 4.79 Å². The summed E-state index contributed by atoms with van der Waals surface area (Å²) >= 11 is 0. The summed E-state index contributed by atoms with van der Waals surface area (Å²) in [4.78, 5) is 26.4. The molecule has 0 spiro atoms. The molecular formula is C18H25NO7S. The van der Waals surface area contributed by atoms with Crippen LogP contribution in [-0.2, 0) is 19.4 Å². The highest BCUT2D eigenvalue weighted by Gasteiger charge is 2.34. The molecule has 1 aliphatic rings. The molecule has 1 atom stereocenters. The van der Waals surface area contributed by atoms with E-state index < -0.39 is 28.3 Å². The van der Waals surface area contributed by atoms with Crippen LogP contribution in [0.1, 0.15) is 30.1 Å². The number of carbonyl (C=O) groups excluding carboxylic acids is 2. The molecule has 0 saturated carbocycles. The van der Waals surface area contributed by atoms with Gasteiger partial charge in [0.15, 0.2) is 16.4 Å². The van der Waals surface area contributed by atoms with E-state index in [1.165, 1.54) is 25.2 Å². The second-order valence-electron chi connectivity index (χ2n) is 6.29. The SMILES string of the molecule is CCCN(C(=O)COC(=O)c1ccc(OC)cc1OC)[C@H]1CCS(=O)(=O)C1. The molecule has 0 unspecified atom stereocenters. The molecule has 1 saturated heterocycles. The predicted octanol–water partition coefficient (Wildman–Crippen LogP) is 1.29. The molecule has 1 amide bonds. The van der Waals surface area contributed by atoms with Gasteiger partial charge in [0.2, 0.25) is 0 Å². The largest absolute Gasteiger partial charge is 0.497 e. The van der Waals surface area contributed by atoms with Crippen LogP contribution < -0.4 is 9.47 Å². The summed E-state index contributed by atoms with van der Waals surface area (Å²) in [6.45, 7) is 1.87. The standard InChI is InChI=1S/C18H25NO7S/c1-4-8-19(13-7-9-27(22,23)12-13)17(20)11-26-18(21)15-6-5-14(24-2)10-16(15)25-3/h5-6,10,13H,4,7-9,11-12H2,1-3H3/t13-/m0/s1. The zero-order chi connectivity index (χ0) is 20.0. The predicted molar refractivity (Wildman–Crippen MR) is 98.9 cm³/mol. The molecule has 0 N–H and O–H groups in total. The van der Waals surface area contributed by atoms with Gasteiger partial charge in [0.05, 0.1) is 25.7 Å². The smallest absolute Gasteiger partial charge is 0.342 e. The summed E-state index contributed by atoms with van der Waals surface area (Å²) in [5.74, 6) is -0.263. The first-order chi connectivity index (χ1) is 12.8. The molecule has 27 heavy (non-hydrogen) atoms. The number of carbonyl (C=O) groups is 2. The van der Waals surface area contributed by atoms with E-state index in [4.69, 9.17) is 14.2 Å². The third-order valence-electron chi connectivity index (χ3n) is 4.39. The van der Waals surface area contributed by atoms with E-state index in [1.54, 1.807) is 12.1 Å². The number of rotatable bonds is 8. The van der Waals surface area contributed by atoms with Gasteiger partial charge in [-0.25, -0.2) is 13.2 Å². The van der Waals surface area contributed by atoms with Crippen LogP contribution in [-0.4, -0.2) is 70.1 Å². The van der Waals surface area contributed by atoms with Crippen LogP contribution in [0.25, 0.3) is 0 Å². The maximum absolute atomic E-state index is 12.5. The summed E-state index contributed by atoms with van der Waals surface area (Å²) < 4.78 is 38.8. The summed E-state index contributed by atoms with van der Waals surface area (Å²) in [6.07, 6.45) is 1.09. The van der Waals surface area contributed by atoms with Gasteiger partial charge in [0.1, 0.15) is 17.1 Å². The van der Waals surface area contributed by atoms with E-state index in [0.29, 0.717) is 25.1 Å². The van der Waals surface area contributed by atoms with Gasteiger partial charge in [-0.05, 0) is 25.0 Å².